The highest BCUT2D eigenvalue weighted by Crippen LogP contribution is 2.39. The number of hydrogen-bond donors (Lipinski definition) is 1. The molecule has 2 aromatic carbocycles. The van der Waals surface area contributed by atoms with Gasteiger partial charge in [0, 0.05) is 5.39 Å². The van der Waals surface area contributed by atoms with Crippen molar-refractivity contribution in [2.45, 2.75) is 26.4 Å². The zero-order valence-corrected chi connectivity index (χ0v) is 17.1. The van der Waals surface area contributed by atoms with Gasteiger partial charge in [-0.25, -0.2) is 9.78 Å². The number of pyridine rings is 1. The Morgan fingerprint density at radius 3 is 2.68 bits per heavy atom. The van der Waals surface area contributed by atoms with E-state index in [0.29, 0.717) is 23.0 Å². The maximum absolute atomic E-state index is 12.6. The molecule has 0 saturated carbocycles. The number of alkyl halides is 2. The van der Waals surface area contributed by atoms with Crippen LogP contribution in [0.1, 0.15) is 40.5 Å². The van der Waals surface area contributed by atoms with Crippen LogP contribution in [0.4, 0.5) is 8.78 Å². The van der Waals surface area contributed by atoms with Gasteiger partial charge < -0.3 is 14.6 Å². The van der Waals surface area contributed by atoms with Crippen molar-refractivity contribution in [1.29, 1.82) is 0 Å². The molecule has 0 fully saturated rings. The van der Waals surface area contributed by atoms with Gasteiger partial charge in [0.05, 0.1) is 23.9 Å². The number of rotatable bonds is 5. The first-order valence-electron chi connectivity index (χ1n) is 9.86. The molecule has 1 atom stereocenters. The minimum Gasteiger partial charge on any atom is -0.493 e. The van der Waals surface area contributed by atoms with Crippen LogP contribution in [0.3, 0.4) is 0 Å². The van der Waals surface area contributed by atoms with Crippen molar-refractivity contribution >= 4 is 28.5 Å². The number of halogens is 2. The Balaban J connectivity index is 1.87. The molecule has 0 spiro atoms. The van der Waals surface area contributed by atoms with Crippen LogP contribution in [0.25, 0.3) is 22.6 Å². The molecule has 0 bridgehead atoms. The Labute approximate surface area is 177 Å². The van der Waals surface area contributed by atoms with Crippen molar-refractivity contribution in [3.8, 4) is 11.5 Å². The summed E-state index contributed by atoms with van der Waals surface area (Å²) in [4.78, 5) is 16.9. The fourth-order valence-electron chi connectivity index (χ4n) is 4.15. The molecule has 4 rings (SSSR count). The first-order chi connectivity index (χ1) is 14.9. The molecule has 0 aliphatic heterocycles. The molecule has 7 heteroatoms. The van der Waals surface area contributed by atoms with Gasteiger partial charge in [-0.15, -0.1) is 0 Å². The number of methoxy groups -OCH3 is 1. The first kappa shape index (κ1) is 20.8. The number of nitrogens with zero attached hydrogens (tertiary/aromatic N) is 1. The maximum Gasteiger partial charge on any atom is 0.387 e. The molecule has 5 nitrogen and oxygen atoms in total. The Morgan fingerprint density at radius 1 is 1.19 bits per heavy atom. The molecule has 1 aliphatic rings. The van der Waals surface area contributed by atoms with Crippen LogP contribution >= 0.6 is 0 Å². The summed E-state index contributed by atoms with van der Waals surface area (Å²) in [6.07, 6.45) is 3.24. The monoisotopic (exact) mass is 425 g/mol. The van der Waals surface area contributed by atoms with Gasteiger partial charge in [0.25, 0.3) is 0 Å². The minimum absolute atomic E-state index is 0.0469. The second-order valence-electron chi connectivity index (χ2n) is 7.61. The lowest BCUT2D eigenvalue weighted by Crippen LogP contribution is -2.17. The number of carboxylic acid groups (broad SMARTS) is 1. The van der Waals surface area contributed by atoms with E-state index in [1.807, 2.05) is 12.1 Å². The molecular weight excluding hydrogens is 404 g/mol. The number of hydrogen-bond acceptors (Lipinski definition) is 4. The van der Waals surface area contributed by atoms with Crippen LogP contribution in [-0.4, -0.2) is 29.8 Å². The van der Waals surface area contributed by atoms with E-state index < -0.39 is 12.6 Å². The molecule has 160 valence electrons. The third-order valence-electron chi connectivity index (χ3n) is 5.38. The van der Waals surface area contributed by atoms with Crippen LogP contribution in [0.5, 0.6) is 11.5 Å². The minimum atomic E-state index is -2.95. The predicted molar refractivity (Wildman–Crippen MR) is 114 cm³/mol. The van der Waals surface area contributed by atoms with Gasteiger partial charge >= 0.3 is 12.6 Å². The van der Waals surface area contributed by atoms with Crippen LogP contribution in [0.2, 0.25) is 0 Å². The van der Waals surface area contributed by atoms with E-state index in [2.05, 4.69) is 11.7 Å². The zero-order valence-electron chi connectivity index (χ0n) is 17.1. The second-order valence-corrected chi connectivity index (χ2v) is 7.61. The Kier molecular flexibility index (Phi) is 5.59. The zero-order chi connectivity index (χ0) is 22.1. The van der Waals surface area contributed by atoms with Gasteiger partial charge in [-0.2, -0.15) is 8.78 Å². The van der Waals surface area contributed by atoms with E-state index in [9.17, 15) is 18.7 Å². The number of para-hydroxylation sites is 1. The molecule has 0 saturated heterocycles. The van der Waals surface area contributed by atoms with Crippen LogP contribution in [0.15, 0.2) is 42.5 Å². The van der Waals surface area contributed by atoms with Crippen molar-refractivity contribution in [2.75, 3.05) is 7.11 Å². The number of ether oxygens (including phenoxy) is 2. The van der Waals surface area contributed by atoms with Crippen LogP contribution in [-0.2, 0) is 6.42 Å². The lowest BCUT2D eigenvalue weighted by atomic mass is 9.80. The molecule has 31 heavy (non-hydrogen) atoms. The summed E-state index contributed by atoms with van der Waals surface area (Å²) in [5, 5.41) is 10.6. The fourth-order valence-corrected chi connectivity index (χ4v) is 4.15. The topological polar surface area (TPSA) is 68.7 Å². The van der Waals surface area contributed by atoms with Gasteiger partial charge in [-0.1, -0.05) is 31.2 Å². The van der Waals surface area contributed by atoms with Crippen molar-refractivity contribution in [3.05, 3.63) is 64.8 Å². The summed E-state index contributed by atoms with van der Waals surface area (Å²) in [6, 6.07) is 11.9. The van der Waals surface area contributed by atoms with Gasteiger partial charge in [-0.3, -0.25) is 0 Å². The quantitative estimate of drug-likeness (QED) is 0.571. The number of carboxylic acids is 1. The number of aromatic carboxylic acids is 1. The summed E-state index contributed by atoms with van der Waals surface area (Å²) in [7, 11) is 1.38. The SMILES string of the molecule is COc1cc(C=C2CC(C)Cc3c2nc2ccccc2c3C(=O)O)ccc1OC(F)F. The van der Waals surface area contributed by atoms with Gasteiger partial charge in [0.15, 0.2) is 11.5 Å². The Morgan fingerprint density at radius 2 is 1.97 bits per heavy atom. The Bertz CT molecular complexity index is 1190. The fraction of sp³-hybridized carbons (Fsp3) is 0.250. The highest BCUT2D eigenvalue weighted by Gasteiger charge is 2.28. The smallest absolute Gasteiger partial charge is 0.387 e. The van der Waals surface area contributed by atoms with Gasteiger partial charge in [-0.05, 0) is 59.7 Å². The maximum atomic E-state index is 12.6. The average Bonchev–Trinajstić information content (AvgIpc) is 2.72. The Hall–Kier alpha value is -3.48. The van der Waals surface area contributed by atoms with E-state index in [1.54, 1.807) is 30.3 Å². The number of fused-ring (bicyclic) bond motifs is 2. The van der Waals surface area contributed by atoms with Gasteiger partial charge in [0.1, 0.15) is 0 Å². The molecular formula is C24H21F2NO4. The van der Waals surface area contributed by atoms with E-state index in [1.165, 1.54) is 13.2 Å². The highest BCUT2D eigenvalue weighted by atomic mass is 19.3. The summed E-state index contributed by atoms with van der Waals surface area (Å²) >= 11 is 0. The van der Waals surface area contributed by atoms with E-state index in [0.717, 1.165) is 23.1 Å². The standard InChI is InChI=1S/C24H21F2NO4/c1-13-9-15(11-14-7-8-19(31-24(25)26)20(12-14)30-2)22-17(10-13)21(23(28)29)16-5-3-4-6-18(16)27-22/h3-8,11-13,24H,9-10H2,1-2H3,(H,28,29). The molecule has 1 aromatic heterocycles. The van der Waals surface area contributed by atoms with E-state index in [-0.39, 0.29) is 23.0 Å². The van der Waals surface area contributed by atoms with Gasteiger partial charge in [0.2, 0.25) is 0 Å². The molecule has 1 unspecified atom stereocenters. The normalized spacial score (nSPS) is 17.1. The third kappa shape index (κ3) is 4.08. The number of aromatic nitrogens is 1. The van der Waals surface area contributed by atoms with Crippen molar-refractivity contribution in [2.24, 2.45) is 5.92 Å². The third-order valence-corrected chi connectivity index (χ3v) is 5.38. The van der Waals surface area contributed by atoms with Crippen molar-refractivity contribution < 1.29 is 28.2 Å². The summed E-state index contributed by atoms with van der Waals surface area (Å²) in [5.74, 6) is -0.604. The summed E-state index contributed by atoms with van der Waals surface area (Å²) in [6.45, 7) is -0.881. The lowest BCUT2D eigenvalue weighted by molar-refractivity contribution is -0.0512. The second kappa shape index (κ2) is 8.34. The lowest BCUT2D eigenvalue weighted by Gasteiger charge is -2.26. The van der Waals surface area contributed by atoms with Crippen LogP contribution in [0, 0.1) is 5.92 Å². The van der Waals surface area contributed by atoms with Crippen molar-refractivity contribution in [3.63, 3.8) is 0 Å². The van der Waals surface area contributed by atoms with Crippen molar-refractivity contribution in [1.82, 2.24) is 4.98 Å². The average molecular weight is 425 g/mol. The van der Waals surface area contributed by atoms with E-state index in [4.69, 9.17) is 9.72 Å². The molecule has 0 amide bonds. The van der Waals surface area contributed by atoms with E-state index >= 15 is 0 Å². The predicted octanol–water partition coefficient (Wildman–Crippen LogP) is 5.67. The summed E-state index contributed by atoms with van der Waals surface area (Å²) in [5.41, 5.74) is 3.92. The summed E-state index contributed by atoms with van der Waals surface area (Å²) < 4.78 is 34.9. The molecule has 1 N–H and O–H groups in total. The molecule has 1 aliphatic carbocycles. The molecule has 1 heterocycles. The first-order valence-corrected chi connectivity index (χ1v) is 9.86. The molecule has 3 aromatic rings. The largest absolute Gasteiger partial charge is 0.493 e. The molecule has 0 radical (unpaired) electrons. The number of benzene rings is 2. The van der Waals surface area contributed by atoms with Crippen LogP contribution < -0.4 is 9.47 Å². The highest BCUT2D eigenvalue weighted by molar-refractivity contribution is 6.05. The number of carbonyl (C=O) groups is 1. The number of allylic oxidation sites excluding steroid dienone is 1.